The fourth-order valence-electron chi connectivity index (χ4n) is 1.89. The van der Waals surface area contributed by atoms with Crippen LogP contribution in [0.4, 0.5) is 0 Å². The number of carbonyl (C=O) groups is 2. The number of aliphatic hydroxyl groups excluding tert-OH is 1. The Morgan fingerprint density at radius 1 is 1.41 bits per heavy atom. The zero-order chi connectivity index (χ0) is 12.4. The quantitative estimate of drug-likeness (QED) is 0.640. The summed E-state index contributed by atoms with van der Waals surface area (Å²) in [6.07, 6.45) is 0.398. The van der Waals surface area contributed by atoms with Crippen LogP contribution in [0.3, 0.4) is 0 Å². The molecule has 1 fully saturated rings. The van der Waals surface area contributed by atoms with Crippen LogP contribution in [0.5, 0.6) is 0 Å². The number of ether oxygens (including phenoxy) is 2. The molecule has 2 aliphatic rings. The lowest BCUT2D eigenvalue weighted by Crippen LogP contribution is -2.42. The number of aliphatic hydroxyl groups is 1. The summed E-state index contributed by atoms with van der Waals surface area (Å²) in [6, 6.07) is -1.01. The average molecular weight is 243 g/mol. The molecule has 94 valence electrons. The summed E-state index contributed by atoms with van der Waals surface area (Å²) in [4.78, 5) is 24.0. The first-order valence-electron chi connectivity index (χ1n) is 5.26. The van der Waals surface area contributed by atoms with Gasteiger partial charge in [-0.2, -0.15) is 0 Å². The minimum absolute atomic E-state index is 0.00347. The van der Waals surface area contributed by atoms with Gasteiger partial charge in [0.05, 0.1) is 6.10 Å². The highest BCUT2D eigenvalue weighted by Crippen LogP contribution is 2.21. The van der Waals surface area contributed by atoms with Gasteiger partial charge in [-0.15, -0.1) is 0 Å². The number of amides is 1. The molecule has 0 saturated carbocycles. The second-order valence-corrected chi connectivity index (χ2v) is 3.90. The Bertz CT molecular complexity index is 366. The van der Waals surface area contributed by atoms with Gasteiger partial charge in [0, 0.05) is 13.0 Å². The Kier molecular flexibility index (Phi) is 3.19. The normalized spacial score (nSPS) is 28.1. The van der Waals surface area contributed by atoms with Crippen LogP contribution >= 0.6 is 0 Å². The van der Waals surface area contributed by atoms with E-state index in [1.165, 1.54) is 6.26 Å². The van der Waals surface area contributed by atoms with Crippen molar-refractivity contribution in [2.24, 2.45) is 0 Å². The molecule has 0 aliphatic carbocycles. The van der Waals surface area contributed by atoms with E-state index in [2.05, 4.69) is 0 Å². The molecule has 0 bridgehead atoms. The predicted molar refractivity (Wildman–Crippen MR) is 53.7 cm³/mol. The van der Waals surface area contributed by atoms with Gasteiger partial charge in [0.1, 0.15) is 25.5 Å². The van der Waals surface area contributed by atoms with E-state index in [9.17, 15) is 14.7 Å². The van der Waals surface area contributed by atoms with Crippen molar-refractivity contribution in [3.63, 3.8) is 0 Å². The van der Waals surface area contributed by atoms with Gasteiger partial charge in [0.15, 0.2) is 0 Å². The van der Waals surface area contributed by atoms with Gasteiger partial charge in [-0.05, 0) is 0 Å². The number of carbonyl (C=O) groups excluding carboxylic acids is 1. The van der Waals surface area contributed by atoms with E-state index in [1.54, 1.807) is 0 Å². The maximum atomic E-state index is 11.9. The van der Waals surface area contributed by atoms with E-state index in [0.717, 1.165) is 4.90 Å². The molecule has 0 aromatic carbocycles. The third kappa shape index (κ3) is 2.33. The van der Waals surface area contributed by atoms with E-state index in [1.807, 2.05) is 0 Å². The van der Waals surface area contributed by atoms with Gasteiger partial charge in [-0.1, -0.05) is 0 Å². The molecule has 1 amide bonds. The number of hydrogen-bond acceptors (Lipinski definition) is 5. The summed E-state index contributed by atoms with van der Waals surface area (Å²) < 4.78 is 10.0. The molecule has 0 aromatic heterocycles. The van der Waals surface area contributed by atoms with Crippen molar-refractivity contribution >= 4 is 11.9 Å². The second kappa shape index (κ2) is 4.62. The molecular weight excluding hydrogens is 230 g/mol. The second-order valence-electron chi connectivity index (χ2n) is 3.90. The minimum Gasteiger partial charge on any atom is -0.494 e. The summed E-state index contributed by atoms with van der Waals surface area (Å²) in [6.45, 7) is 0.615. The smallest absolute Gasteiger partial charge is 0.326 e. The highest BCUT2D eigenvalue weighted by Gasteiger charge is 2.40. The highest BCUT2D eigenvalue weighted by molar-refractivity contribution is 5.94. The Morgan fingerprint density at radius 3 is 2.76 bits per heavy atom. The third-order valence-corrected chi connectivity index (χ3v) is 2.68. The van der Waals surface area contributed by atoms with Gasteiger partial charge < -0.3 is 24.6 Å². The fraction of sp³-hybridized carbons (Fsp3) is 0.600. The number of aliphatic carboxylic acids is 1. The van der Waals surface area contributed by atoms with Crippen LogP contribution in [0.15, 0.2) is 12.0 Å². The van der Waals surface area contributed by atoms with E-state index in [-0.39, 0.29) is 25.3 Å². The number of hydrogen-bond donors (Lipinski definition) is 2. The molecule has 7 heteroatoms. The van der Waals surface area contributed by atoms with Crippen LogP contribution in [0.1, 0.15) is 6.42 Å². The van der Waals surface area contributed by atoms with E-state index >= 15 is 0 Å². The van der Waals surface area contributed by atoms with E-state index in [0.29, 0.717) is 6.61 Å². The van der Waals surface area contributed by atoms with Crippen LogP contribution in [-0.4, -0.2) is 58.9 Å². The largest absolute Gasteiger partial charge is 0.494 e. The Hall–Kier alpha value is -1.76. The van der Waals surface area contributed by atoms with Crippen molar-refractivity contribution in [1.82, 2.24) is 4.90 Å². The third-order valence-electron chi connectivity index (χ3n) is 2.68. The van der Waals surface area contributed by atoms with Crippen molar-refractivity contribution in [1.29, 1.82) is 0 Å². The Balaban J connectivity index is 2.12. The average Bonchev–Trinajstić information content (AvgIpc) is 2.72. The molecule has 2 aliphatic heterocycles. The fourth-order valence-corrected chi connectivity index (χ4v) is 1.89. The molecule has 2 rings (SSSR count). The number of carboxylic acids is 1. The Morgan fingerprint density at radius 2 is 2.18 bits per heavy atom. The minimum atomic E-state index is -1.13. The molecule has 0 unspecified atom stereocenters. The van der Waals surface area contributed by atoms with Crippen molar-refractivity contribution in [2.75, 3.05) is 19.8 Å². The molecule has 7 nitrogen and oxygen atoms in total. The maximum Gasteiger partial charge on any atom is 0.326 e. The lowest BCUT2D eigenvalue weighted by atomic mass is 10.2. The molecule has 17 heavy (non-hydrogen) atoms. The standard InChI is InChI=1S/C10H13NO6/c12-6-3-7(10(14)15)11(4-6)9(13)8-5-16-1-2-17-8/h5-7,12H,1-4H2,(H,14,15)/t6-,7+/m1/s1. The zero-order valence-electron chi connectivity index (χ0n) is 9.04. The number of rotatable bonds is 2. The van der Waals surface area contributed by atoms with Gasteiger partial charge in [-0.3, -0.25) is 4.79 Å². The summed E-state index contributed by atoms with van der Waals surface area (Å²) >= 11 is 0. The lowest BCUT2D eigenvalue weighted by molar-refractivity contribution is -0.148. The van der Waals surface area contributed by atoms with Gasteiger partial charge >= 0.3 is 5.97 Å². The van der Waals surface area contributed by atoms with Crippen molar-refractivity contribution in [2.45, 2.75) is 18.6 Å². The first-order valence-corrected chi connectivity index (χ1v) is 5.26. The number of nitrogens with zero attached hydrogens (tertiary/aromatic N) is 1. The zero-order valence-corrected chi connectivity index (χ0v) is 9.04. The maximum absolute atomic E-state index is 11.9. The summed E-state index contributed by atoms with van der Waals surface area (Å²) in [5.74, 6) is -1.71. The van der Waals surface area contributed by atoms with Crippen LogP contribution < -0.4 is 0 Å². The number of carboxylic acid groups (broad SMARTS) is 1. The Labute approximate surface area is 97.2 Å². The van der Waals surface area contributed by atoms with Gasteiger partial charge in [-0.25, -0.2) is 4.79 Å². The molecule has 2 atom stereocenters. The lowest BCUT2D eigenvalue weighted by Gasteiger charge is -2.23. The monoisotopic (exact) mass is 243 g/mol. The predicted octanol–water partition coefficient (Wildman–Crippen LogP) is -1.08. The molecular formula is C10H13NO6. The van der Waals surface area contributed by atoms with Crippen LogP contribution in [0.25, 0.3) is 0 Å². The molecule has 0 spiro atoms. The molecule has 2 N–H and O–H groups in total. The summed E-state index contributed by atoms with van der Waals surface area (Å²) in [5.41, 5.74) is 0. The van der Waals surface area contributed by atoms with Crippen LogP contribution in [0, 0.1) is 0 Å². The molecule has 1 saturated heterocycles. The number of likely N-dealkylation sites (tertiary alicyclic amines) is 1. The number of β-amino-alcohol motifs (C(OH)–C–C–N with tert-alkyl or cyclic N) is 1. The SMILES string of the molecule is O=C(O)[C@@H]1C[C@@H](O)CN1C(=O)C1=COCCO1. The topological polar surface area (TPSA) is 96.3 Å². The van der Waals surface area contributed by atoms with Gasteiger partial charge in [0.25, 0.3) is 5.91 Å². The van der Waals surface area contributed by atoms with E-state index < -0.39 is 24.0 Å². The molecule has 0 aromatic rings. The van der Waals surface area contributed by atoms with Gasteiger partial charge in [0.2, 0.25) is 5.76 Å². The van der Waals surface area contributed by atoms with E-state index in [4.69, 9.17) is 14.6 Å². The van der Waals surface area contributed by atoms with Crippen LogP contribution in [-0.2, 0) is 19.1 Å². The molecule has 2 heterocycles. The first-order chi connectivity index (χ1) is 8.09. The first kappa shape index (κ1) is 11.7. The summed E-state index contributed by atoms with van der Waals surface area (Å²) in [5, 5.41) is 18.4. The molecule has 0 radical (unpaired) electrons. The summed E-state index contributed by atoms with van der Waals surface area (Å²) in [7, 11) is 0. The van der Waals surface area contributed by atoms with Crippen molar-refractivity contribution in [3.8, 4) is 0 Å². The van der Waals surface area contributed by atoms with Crippen molar-refractivity contribution in [3.05, 3.63) is 12.0 Å². The van der Waals surface area contributed by atoms with Crippen molar-refractivity contribution < 1.29 is 29.3 Å². The van der Waals surface area contributed by atoms with Crippen LogP contribution in [0.2, 0.25) is 0 Å². The highest BCUT2D eigenvalue weighted by atomic mass is 16.6.